The van der Waals surface area contributed by atoms with E-state index in [9.17, 15) is 4.79 Å². The van der Waals surface area contributed by atoms with Crippen LogP contribution in [0.25, 0.3) is 16.6 Å². The van der Waals surface area contributed by atoms with Gasteiger partial charge in [-0.3, -0.25) is 4.79 Å². The molecule has 0 unspecified atom stereocenters. The van der Waals surface area contributed by atoms with Gasteiger partial charge in [-0.1, -0.05) is 0 Å². The Kier molecular flexibility index (Phi) is 5.22. The molecular weight excluding hydrogens is 364 g/mol. The summed E-state index contributed by atoms with van der Waals surface area (Å²) >= 11 is 0. The zero-order chi connectivity index (χ0) is 20.5. The SMILES string of the molecule is COc1cc2c(C(C)=O)c(C)n(-c3ccc(N4CC[CH]CC4)cc3)c2cc1OC. The molecule has 151 valence electrons. The van der Waals surface area contributed by atoms with Crippen molar-refractivity contribution in [3.8, 4) is 17.2 Å². The average molecular weight is 391 g/mol. The highest BCUT2D eigenvalue weighted by Gasteiger charge is 2.21. The number of methoxy groups -OCH3 is 2. The standard InChI is InChI=1S/C24H27N2O3/c1-16-24(17(2)27)20-14-22(28-3)23(29-4)15-21(20)26(16)19-10-8-18(9-11-19)25-12-6-5-7-13-25/h5,8-11,14-15H,6-7,12-13H2,1-4H3. The largest absolute Gasteiger partial charge is 0.493 e. The van der Waals surface area contributed by atoms with Gasteiger partial charge in [-0.2, -0.15) is 0 Å². The first-order chi connectivity index (χ1) is 14.0. The van der Waals surface area contributed by atoms with E-state index >= 15 is 0 Å². The van der Waals surface area contributed by atoms with Gasteiger partial charge in [0.05, 0.1) is 19.7 Å². The molecule has 1 aromatic heterocycles. The fourth-order valence-corrected chi connectivity index (χ4v) is 4.34. The van der Waals surface area contributed by atoms with E-state index in [4.69, 9.17) is 9.47 Å². The first-order valence-electron chi connectivity index (χ1n) is 10.00. The van der Waals surface area contributed by atoms with E-state index in [-0.39, 0.29) is 5.78 Å². The van der Waals surface area contributed by atoms with Crippen LogP contribution in [0.5, 0.6) is 11.5 Å². The van der Waals surface area contributed by atoms with Gasteiger partial charge >= 0.3 is 0 Å². The maximum absolute atomic E-state index is 12.4. The zero-order valence-corrected chi connectivity index (χ0v) is 17.5. The summed E-state index contributed by atoms with van der Waals surface area (Å²) in [4.78, 5) is 14.9. The Morgan fingerprint density at radius 1 is 0.931 bits per heavy atom. The Bertz CT molecular complexity index is 1040. The third-order valence-corrected chi connectivity index (χ3v) is 5.74. The van der Waals surface area contributed by atoms with Crippen LogP contribution in [0.2, 0.25) is 0 Å². The van der Waals surface area contributed by atoms with Crippen LogP contribution in [0.3, 0.4) is 0 Å². The average Bonchev–Trinajstić information content (AvgIpc) is 3.04. The molecule has 0 amide bonds. The maximum Gasteiger partial charge on any atom is 0.162 e. The fraction of sp³-hybridized carbons (Fsp3) is 0.333. The van der Waals surface area contributed by atoms with E-state index in [0.29, 0.717) is 11.5 Å². The predicted octanol–water partition coefficient (Wildman–Crippen LogP) is 4.96. The summed E-state index contributed by atoms with van der Waals surface area (Å²) in [6.45, 7) is 5.73. The number of benzene rings is 2. The van der Waals surface area contributed by atoms with E-state index in [2.05, 4.69) is 40.2 Å². The van der Waals surface area contributed by atoms with Crippen LogP contribution >= 0.6 is 0 Å². The maximum atomic E-state index is 12.4. The van der Waals surface area contributed by atoms with Gasteiger partial charge in [0.15, 0.2) is 17.3 Å². The van der Waals surface area contributed by atoms with Gasteiger partial charge in [0.1, 0.15) is 0 Å². The summed E-state index contributed by atoms with van der Waals surface area (Å²) in [6.07, 6.45) is 4.62. The quantitative estimate of drug-likeness (QED) is 0.577. The van der Waals surface area contributed by atoms with Crippen molar-refractivity contribution in [2.45, 2.75) is 26.7 Å². The van der Waals surface area contributed by atoms with Gasteiger partial charge in [-0.05, 0) is 63.4 Å². The van der Waals surface area contributed by atoms with Crippen LogP contribution in [0.4, 0.5) is 5.69 Å². The molecule has 1 aliphatic heterocycles. The lowest BCUT2D eigenvalue weighted by Gasteiger charge is -2.28. The van der Waals surface area contributed by atoms with E-state index in [1.54, 1.807) is 21.1 Å². The molecule has 3 aromatic rings. The van der Waals surface area contributed by atoms with Gasteiger partial charge in [0.25, 0.3) is 0 Å². The Morgan fingerprint density at radius 2 is 1.52 bits per heavy atom. The lowest BCUT2D eigenvalue weighted by atomic mass is 10.1. The van der Waals surface area contributed by atoms with Crippen molar-refractivity contribution in [1.82, 2.24) is 4.57 Å². The molecule has 5 heteroatoms. The minimum atomic E-state index is 0.0413. The number of carbonyl (C=O) groups excluding carboxylic acids is 1. The predicted molar refractivity (Wildman–Crippen MR) is 117 cm³/mol. The molecule has 2 aromatic carbocycles. The van der Waals surface area contributed by atoms with Gasteiger partial charge < -0.3 is 18.9 Å². The molecule has 2 heterocycles. The smallest absolute Gasteiger partial charge is 0.162 e. The molecule has 29 heavy (non-hydrogen) atoms. The molecule has 0 saturated carbocycles. The number of ether oxygens (including phenoxy) is 2. The Labute approximate surface area is 171 Å². The van der Waals surface area contributed by atoms with Crippen molar-refractivity contribution in [3.63, 3.8) is 0 Å². The minimum Gasteiger partial charge on any atom is -0.493 e. The van der Waals surface area contributed by atoms with E-state index < -0.39 is 0 Å². The molecule has 1 radical (unpaired) electrons. The van der Waals surface area contributed by atoms with Crippen LogP contribution < -0.4 is 14.4 Å². The summed E-state index contributed by atoms with van der Waals surface area (Å²) in [5, 5.41) is 0.878. The first-order valence-corrected chi connectivity index (χ1v) is 10.00. The fourth-order valence-electron chi connectivity index (χ4n) is 4.34. The third kappa shape index (κ3) is 3.35. The highest BCUT2D eigenvalue weighted by atomic mass is 16.5. The Morgan fingerprint density at radius 3 is 2.10 bits per heavy atom. The molecule has 0 spiro atoms. The van der Waals surface area contributed by atoms with Crippen molar-refractivity contribution in [2.75, 3.05) is 32.2 Å². The number of rotatable bonds is 5. The molecular formula is C24H27N2O3. The van der Waals surface area contributed by atoms with Crippen molar-refractivity contribution in [3.05, 3.63) is 54.1 Å². The number of aromatic nitrogens is 1. The van der Waals surface area contributed by atoms with Crippen LogP contribution in [0, 0.1) is 13.3 Å². The molecule has 0 bridgehead atoms. The summed E-state index contributed by atoms with van der Waals surface area (Å²) in [5.41, 5.74) is 4.84. The van der Waals surface area contributed by atoms with Gasteiger partial charge in [-0.25, -0.2) is 0 Å². The van der Waals surface area contributed by atoms with Gasteiger partial charge in [-0.15, -0.1) is 0 Å². The minimum absolute atomic E-state index is 0.0413. The number of hydrogen-bond donors (Lipinski definition) is 0. The van der Waals surface area contributed by atoms with Crippen LogP contribution in [0.15, 0.2) is 36.4 Å². The second-order valence-electron chi connectivity index (χ2n) is 7.45. The monoisotopic (exact) mass is 391 g/mol. The van der Waals surface area contributed by atoms with Crippen LogP contribution in [-0.4, -0.2) is 37.7 Å². The van der Waals surface area contributed by atoms with Crippen molar-refractivity contribution < 1.29 is 14.3 Å². The molecule has 0 atom stereocenters. The lowest BCUT2D eigenvalue weighted by Crippen LogP contribution is -2.29. The van der Waals surface area contributed by atoms with E-state index in [0.717, 1.165) is 53.8 Å². The molecule has 1 saturated heterocycles. The second-order valence-corrected chi connectivity index (χ2v) is 7.45. The topological polar surface area (TPSA) is 43.7 Å². The number of piperidine rings is 1. The molecule has 5 nitrogen and oxygen atoms in total. The van der Waals surface area contributed by atoms with E-state index in [1.165, 1.54) is 5.69 Å². The summed E-state index contributed by atoms with van der Waals surface area (Å²) in [6, 6.07) is 12.4. The summed E-state index contributed by atoms with van der Waals surface area (Å²) in [7, 11) is 3.23. The third-order valence-electron chi connectivity index (χ3n) is 5.74. The van der Waals surface area contributed by atoms with Gasteiger partial charge in [0.2, 0.25) is 0 Å². The van der Waals surface area contributed by atoms with Crippen molar-refractivity contribution in [1.29, 1.82) is 0 Å². The Balaban J connectivity index is 1.86. The normalized spacial score (nSPS) is 14.3. The van der Waals surface area contributed by atoms with Crippen LogP contribution in [-0.2, 0) is 0 Å². The summed E-state index contributed by atoms with van der Waals surface area (Å²) in [5.74, 6) is 1.31. The first kappa shape index (κ1) is 19.4. The number of nitrogens with zero attached hydrogens (tertiary/aromatic N) is 2. The molecule has 4 rings (SSSR count). The molecule has 1 aliphatic rings. The van der Waals surface area contributed by atoms with Crippen LogP contribution in [0.1, 0.15) is 35.8 Å². The molecule has 0 N–H and O–H groups in total. The molecule has 1 fully saturated rings. The van der Waals surface area contributed by atoms with Crippen molar-refractivity contribution >= 4 is 22.4 Å². The number of fused-ring (bicyclic) bond motifs is 1. The lowest BCUT2D eigenvalue weighted by molar-refractivity contribution is 0.101. The number of anilines is 1. The zero-order valence-electron chi connectivity index (χ0n) is 17.5. The highest BCUT2D eigenvalue weighted by molar-refractivity contribution is 6.09. The number of hydrogen-bond acceptors (Lipinski definition) is 4. The number of ketones is 1. The second kappa shape index (κ2) is 7.82. The number of carbonyl (C=O) groups is 1. The number of Topliss-reactive ketones (excluding diaryl/α,β-unsaturated/α-hetero) is 1. The van der Waals surface area contributed by atoms with Gasteiger partial charge in [0, 0.05) is 47.2 Å². The highest BCUT2D eigenvalue weighted by Crippen LogP contribution is 2.38. The summed E-state index contributed by atoms with van der Waals surface area (Å²) < 4.78 is 13.1. The Hall–Kier alpha value is -2.95. The van der Waals surface area contributed by atoms with E-state index in [1.807, 2.05) is 19.1 Å². The molecule has 0 aliphatic carbocycles. The van der Waals surface area contributed by atoms with Crippen molar-refractivity contribution in [2.24, 2.45) is 0 Å².